The summed E-state index contributed by atoms with van der Waals surface area (Å²) in [6, 6.07) is 11.5. The Hall–Kier alpha value is -2.07. The number of β-amino-alcohol motifs (C(OH)–C–C–N with tert-alkyl or cyclic N) is 1. The van der Waals surface area contributed by atoms with E-state index in [9.17, 15) is 9.90 Å². The summed E-state index contributed by atoms with van der Waals surface area (Å²) in [6.45, 7) is 2.65. The first-order valence-corrected chi connectivity index (χ1v) is 6.71. The van der Waals surface area contributed by atoms with Gasteiger partial charge in [0.25, 0.3) is 5.91 Å². The van der Waals surface area contributed by atoms with Crippen LogP contribution in [-0.4, -0.2) is 34.6 Å². The molecule has 0 radical (unpaired) electrons. The first-order chi connectivity index (χ1) is 9.57. The Kier molecular flexibility index (Phi) is 3.10. The number of carbonyl (C=O) groups excluding carboxylic acids is 1. The van der Waals surface area contributed by atoms with E-state index in [0.717, 1.165) is 11.1 Å². The number of likely N-dealkylation sites (tertiary alicyclic amines) is 1. The third kappa shape index (κ3) is 2.34. The van der Waals surface area contributed by atoms with Crippen LogP contribution in [0.1, 0.15) is 23.9 Å². The lowest BCUT2D eigenvalue weighted by atomic mass is 10.1. The summed E-state index contributed by atoms with van der Waals surface area (Å²) in [5, 5.41) is 9.97. The molecular formula is C16H17NO3. The molecule has 4 heteroatoms. The predicted octanol–water partition coefficient (Wildman–Crippen LogP) is 2.54. The molecule has 3 rings (SSSR count). The van der Waals surface area contributed by atoms with E-state index in [-0.39, 0.29) is 5.91 Å². The maximum atomic E-state index is 12.5. The average Bonchev–Trinajstić information content (AvgIpc) is 3.05. The van der Waals surface area contributed by atoms with Crippen LogP contribution in [0.2, 0.25) is 0 Å². The van der Waals surface area contributed by atoms with Gasteiger partial charge in [0, 0.05) is 18.7 Å². The minimum atomic E-state index is -0.796. The summed E-state index contributed by atoms with van der Waals surface area (Å²) in [6.07, 6.45) is 2.13. The van der Waals surface area contributed by atoms with Crippen molar-refractivity contribution in [3.05, 3.63) is 48.4 Å². The lowest BCUT2D eigenvalue weighted by Crippen LogP contribution is -2.33. The van der Waals surface area contributed by atoms with E-state index in [1.165, 1.54) is 6.26 Å². The van der Waals surface area contributed by atoms with Crippen LogP contribution in [-0.2, 0) is 0 Å². The van der Waals surface area contributed by atoms with Crippen LogP contribution in [0.5, 0.6) is 0 Å². The van der Waals surface area contributed by atoms with Crippen molar-refractivity contribution < 1.29 is 14.3 Å². The van der Waals surface area contributed by atoms with Gasteiger partial charge in [-0.15, -0.1) is 0 Å². The van der Waals surface area contributed by atoms with Crippen molar-refractivity contribution in [1.29, 1.82) is 0 Å². The second kappa shape index (κ2) is 4.80. The highest BCUT2D eigenvalue weighted by atomic mass is 16.3. The average molecular weight is 271 g/mol. The molecule has 1 aliphatic rings. The minimum Gasteiger partial charge on any atom is -0.459 e. The summed E-state index contributed by atoms with van der Waals surface area (Å²) >= 11 is 0. The molecular weight excluding hydrogens is 254 g/mol. The van der Waals surface area contributed by atoms with Crippen molar-refractivity contribution in [3.8, 4) is 11.1 Å². The van der Waals surface area contributed by atoms with Gasteiger partial charge in [0.15, 0.2) is 5.76 Å². The third-order valence-electron chi connectivity index (χ3n) is 3.68. The van der Waals surface area contributed by atoms with Crippen LogP contribution in [0.15, 0.2) is 47.1 Å². The lowest BCUT2D eigenvalue weighted by molar-refractivity contribution is 0.0555. The smallest absolute Gasteiger partial charge is 0.290 e. The van der Waals surface area contributed by atoms with Crippen LogP contribution < -0.4 is 0 Å². The summed E-state index contributed by atoms with van der Waals surface area (Å²) in [5.41, 5.74) is 0.951. The lowest BCUT2D eigenvalue weighted by Gasteiger charge is -2.18. The molecule has 2 heterocycles. The number of nitrogens with zero attached hydrogens (tertiary/aromatic N) is 1. The Balaban J connectivity index is 1.89. The van der Waals surface area contributed by atoms with E-state index >= 15 is 0 Å². The molecule has 1 fully saturated rings. The number of carbonyl (C=O) groups is 1. The molecule has 1 unspecified atom stereocenters. The Morgan fingerprint density at radius 3 is 2.70 bits per heavy atom. The fourth-order valence-corrected chi connectivity index (χ4v) is 2.58. The van der Waals surface area contributed by atoms with Crippen molar-refractivity contribution in [2.45, 2.75) is 18.9 Å². The zero-order valence-electron chi connectivity index (χ0n) is 11.4. The van der Waals surface area contributed by atoms with E-state index < -0.39 is 5.60 Å². The molecule has 1 aromatic heterocycles. The highest BCUT2D eigenvalue weighted by Crippen LogP contribution is 2.28. The van der Waals surface area contributed by atoms with Crippen molar-refractivity contribution in [1.82, 2.24) is 4.90 Å². The molecule has 0 saturated carbocycles. The van der Waals surface area contributed by atoms with Gasteiger partial charge in [-0.2, -0.15) is 0 Å². The molecule has 1 saturated heterocycles. The Bertz CT molecular complexity index is 616. The highest BCUT2D eigenvalue weighted by Gasteiger charge is 2.36. The molecule has 1 atom stereocenters. The van der Waals surface area contributed by atoms with Gasteiger partial charge in [0.05, 0.1) is 11.9 Å². The van der Waals surface area contributed by atoms with Gasteiger partial charge in [-0.05, 0) is 25.0 Å². The highest BCUT2D eigenvalue weighted by molar-refractivity contribution is 5.98. The molecule has 20 heavy (non-hydrogen) atoms. The minimum absolute atomic E-state index is 0.161. The standard InChI is InChI=1S/C16H17NO3/c1-16(19)8-9-17(11-16)15(18)14-13(7-10-20-14)12-5-3-2-4-6-12/h2-7,10,19H,8-9,11H2,1H3. The van der Waals surface area contributed by atoms with E-state index in [2.05, 4.69) is 0 Å². The molecule has 0 bridgehead atoms. The fraction of sp³-hybridized carbons (Fsp3) is 0.312. The summed E-state index contributed by atoms with van der Waals surface area (Å²) < 4.78 is 5.39. The maximum Gasteiger partial charge on any atom is 0.290 e. The summed E-state index contributed by atoms with van der Waals surface area (Å²) in [4.78, 5) is 14.2. The van der Waals surface area contributed by atoms with E-state index in [4.69, 9.17) is 4.42 Å². The SMILES string of the molecule is CC1(O)CCN(C(=O)c2occc2-c2ccccc2)C1. The summed E-state index contributed by atoms with van der Waals surface area (Å²) in [5.74, 6) is 0.181. The quantitative estimate of drug-likeness (QED) is 0.913. The monoisotopic (exact) mass is 271 g/mol. The number of furan rings is 1. The zero-order chi connectivity index (χ0) is 14.2. The van der Waals surface area contributed by atoms with Crippen LogP contribution in [0.25, 0.3) is 11.1 Å². The molecule has 0 aliphatic carbocycles. The van der Waals surface area contributed by atoms with Crippen molar-refractivity contribution in [3.63, 3.8) is 0 Å². The van der Waals surface area contributed by atoms with Gasteiger partial charge in [0.2, 0.25) is 0 Å². The predicted molar refractivity (Wildman–Crippen MR) is 75.3 cm³/mol. The molecule has 4 nitrogen and oxygen atoms in total. The number of amides is 1. The Morgan fingerprint density at radius 2 is 2.05 bits per heavy atom. The van der Waals surface area contributed by atoms with Crippen LogP contribution in [0.3, 0.4) is 0 Å². The van der Waals surface area contributed by atoms with Gasteiger partial charge in [0.1, 0.15) is 0 Å². The van der Waals surface area contributed by atoms with Gasteiger partial charge in [-0.25, -0.2) is 0 Å². The van der Waals surface area contributed by atoms with Crippen molar-refractivity contribution >= 4 is 5.91 Å². The van der Waals surface area contributed by atoms with Gasteiger partial charge in [-0.1, -0.05) is 30.3 Å². The number of hydrogen-bond donors (Lipinski definition) is 1. The fourth-order valence-electron chi connectivity index (χ4n) is 2.58. The molecule has 1 aromatic carbocycles. The maximum absolute atomic E-state index is 12.5. The molecule has 2 aromatic rings. The first kappa shape index (κ1) is 12.9. The van der Waals surface area contributed by atoms with Crippen LogP contribution >= 0.6 is 0 Å². The van der Waals surface area contributed by atoms with Crippen LogP contribution in [0, 0.1) is 0 Å². The van der Waals surface area contributed by atoms with Gasteiger partial charge < -0.3 is 14.4 Å². The zero-order valence-corrected chi connectivity index (χ0v) is 11.4. The summed E-state index contributed by atoms with van der Waals surface area (Å²) in [7, 11) is 0. The van der Waals surface area contributed by atoms with E-state index in [1.54, 1.807) is 17.9 Å². The molecule has 1 aliphatic heterocycles. The van der Waals surface area contributed by atoms with Crippen LogP contribution in [0.4, 0.5) is 0 Å². The van der Waals surface area contributed by atoms with E-state index in [1.807, 2.05) is 30.3 Å². The topological polar surface area (TPSA) is 53.7 Å². The molecule has 104 valence electrons. The number of benzene rings is 1. The van der Waals surface area contributed by atoms with Gasteiger partial charge >= 0.3 is 0 Å². The van der Waals surface area contributed by atoms with Gasteiger partial charge in [-0.3, -0.25) is 4.79 Å². The van der Waals surface area contributed by atoms with Crippen molar-refractivity contribution in [2.75, 3.05) is 13.1 Å². The second-order valence-corrected chi connectivity index (χ2v) is 5.50. The largest absolute Gasteiger partial charge is 0.459 e. The Labute approximate surface area is 117 Å². The molecule has 1 N–H and O–H groups in total. The number of rotatable bonds is 2. The molecule has 0 spiro atoms. The third-order valence-corrected chi connectivity index (χ3v) is 3.68. The first-order valence-electron chi connectivity index (χ1n) is 6.71. The number of hydrogen-bond acceptors (Lipinski definition) is 3. The number of aliphatic hydroxyl groups is 1. The second-order valence-electron chi connectivity index (χ2n) is 5.50. The normalized spacial score (nSPS) is 22.2. The molecule has 1 amide bonds. The Morgan fingerprint density at radius 1 is 1.30 bits per heavy atom. The van der Waals surface area contributed by atoms with E-state index in [0.29, 0.717) is 25.3 Å². The van der Waals surface area contributed by atoms with Crippen molar-refractivity contribution in [2.24, 2.45) is 0 Å².